The third kappa shape index (κ3) is 3.10. The van der Waals surface area contributed by atoms with Crippen LogP contribution in [0.25, 0.3) is 0 Å². The summed E-state index contributed by atoms with van der Waals surface area (Å²) < 4.78 is 0. The van der Waals surface area contributed by atoms with E-state index in [0.717, 1.165) is 31.1 Å². The number of hydrogen-bond acceptors (Lipinski definition) is 6. The lowest BCUT2D eigenvalue weighted by molar-refractivity contribution is 0.0815. The molecule has 2 heterocycles. The molecular weight excluding hydrogens is 274 g/mol. The standard InChI is InChI=1S/C13H21N5OS/c1-3-6-17(2)12(19)10-11(15)16-13(20-10)18-7-4-9(14)5-8-18/h3,9H,1,4-8,14-15H2,2H3. The van der Waals surface area contributed by atoms with Gasteiger partial charge in [-0.1, -0.05) is 17.4 Å². The molecule has 0 spiro atoms. The van der Waals surface area contributed by atoms with Crippen LogP contribution < -0.4 is 16.4 Å². The molecule has 0 saturated carbocycles. The average Bonchev–Trinajstić information content (AvgIpc) is 2.81. The molecule has 1 saturated heterocycles. The van der Waals surface area contributed by atoms with Crippen LogP contribution in [-0.2, 0) is 0 Å². The largest absolute Gasteiger partial charge is 0.382 e. The maximum atomic E-state index is 12.2. The van der Waals surface area contributed by atoms with Crippen LogP contribution in [0, 0.1) is 0 Å². The lowest BCUT2D eigenvalue weighted by Gasteiger charge is -2.29. The van der Waals surface area contributed by atoms with Crippen LogP contribution >= 0.6 is 11.3 Å². The van der Waals surface area contributed by atoms with Crippen molar-refractivity contribution in [1.82, 2.24) is 9.88 Å². The first-order valence-corrected chi connectivity index (χ1v) is 7.47. The predicted molar refractivity (Wildman–Crippen MR) is 83.1 cm³/mol. The van der Waals surface area contributed by atoms with E-state index in [1.54, 1.807) is 18.0 Å². The molecule has 0 aromatic carbocycles. The average molecular weight is 295 g/mol. The number of amides is 1. The molecule has 1 aliphatic heterocycles. The van der Waals surface area contributed by atoms with Gasteiger partial charge in [-0.3, -0.25) is 4.79 Å². The summed E-state index contributed by atoms with van der Waals surface area (Å²) in [5, 5.41) is 0.810. The van der Waals surface area contributed by atoms with Gasteiger partial charge in [-0.05, 0) is 12.8 Å². The highest BCUT2D eigenvalue weighted by atomic mass is 32.1. The zero-order valence-electron chi connectivity index (χ0n) is 11.7. The summed E-state index contributed by atoms with van der Waals surface area (Å²) in [7, 11) is 1.72. The summed E-state index contributed by atoms with van der Waals surface area (Å²) >= 11 is 1.35. The molecule has 4 N–H and O–H groups in total. The number of aromatic nitrogens is 1. The van der Waals surface area contributed by atoms with Gasteiger partial charge < -0.3 is 21.3 Å². The monoisotopic (exact) mass is 295 g/mol. The Hall–Kier alpha value is -1.60. The molecular formula is C13H21N5OS. The summed E-state index contributed by atoms with van der Waals surface area (Å²) in [5.41, 5.74) is 11.8. The van der Waals surface area contributed by atoms with Gasteiger partial charge in [0.15, 0.2) is 5.13 Å². The van der Waals surface area contributed by atoms with E-state index < -0.39 is 0 Å². The predicted octanol–water partition coefficient (Wildman–Crippen LogP) is 0.911. The highest BCUT2D eigenvalue weighted by Gasteiger charge is 2.24. The van der Waals surface area contributed by atoms with E-state index in [9.17, 15) is 4.79 Å². The van der Waals surface area contributed by atoms with Gasteiger partial charge in [0.2, 0.25) is 0 Å². The van der Waals surface area contributed by atoms with Gasteiger partial charge in [0, 0.05) is 32.7 Å². The van der Waals surface area contributed by atoms with Crippen LogP contribution in [0.1, 0.15) is 22.5 Å². The first-order chi connectivity index (χ1) is 9.52. The van der Waals surface area contributed by atoms with Crippen LogP contribution in [0.5, 0.6) is 0 Å². The van der Waals surface area contributed by atoms with E-state index in [0.29, 0.717) is 17.2 Å². The van der Waals surface area contributed by atoms with E-state index in [4.69, 9.17) is 11.5 Å². The summed E-state index contributed by atoms with van der Waals surface area (Å²) in [4.78, 5) is 20.8. The molecule has 20 heavy (non-hydrogen) atoms. The topological polar surface area (TPSA) is 88.5 Å². The van der Waals surface area contributed by atoms with Crippen LogP contribution in [0.2, 0.25) is 0 Å². The second kappa shape index (κ2) is 6.23. The zero-order chi connectivity index (χ0) is 14.7. The molecule has 1 fully saturated rings. The zero-order valence-corrected chi connectivity index (χ0v) is 12.5. The number of rotatable bonds is 4. The van der Waals surface area contributed by atoms with Crippen molar-refractivity contribution < 1.29 is 4.79 Å². The quantitative estimate of drug-likeness (QED) is 0.806. The molecule has 0 aliphatic carbocycles. The van der Waals surface area contributed by atoms with Gasteiger partial charge in [0.05, 0.1) is 0 Å². The Labute approximate surface area is 123 Å². The molecule has 1 amide bonds. The number of carbonyl (C=O) groups is 1. The fourth-order valence-corrected chi connectivity index (χ4v) is 3.18. The maximum absolute atomic E-state index is 12.2. The molecule has 2 rings (SSSR count). The number of piperidine rings is 1. The highest BCUT2D eigenvalue weighted by molar-refractivity contribution is 7.18. The molecule has 0 radical (unpaired) electrons. The van der Waals surface area contributed by atoms with E-state index >= 15 is 0 Å². The Morgan fingerprint density at radius 1 is 1.60 bits per heavy atom. The van der Waals surface area contributed by atoms with E-state index in [2.05, 4.69) is 16.5 Å². The van der Waals surface area contributed by atoms with Crippen molar-refractivity contribution in [1.29, 1.82) is 0 Å². The molecule has 1 aromatic rings. The van der Waals surface area contributed by atoms with E-state index in [-0.39, 0.29) is 11.9 Å². The fraction of sp³-hybridized carbons (Fsp3) is 0.538. The molecule has 110 valence electrons. The first-order valence-electron chi connectivity index (χ1n) is 6.66. The first kappa shape index (κ1) is 14.8. The van der Waals surface area contributed by atoms with Gasteiger partial charge in [0.25, 0.3) is 5.91 Å². The molecule has 1 aliphatic rings. The molecule has 1 aromatic heterocycles. The third-order valence-corrected chi connectivity index (χ3v) is 4.52. The minimum absolute atomic E-state index is 0.111. The van der Waals surface area contributed by atoms with Crippen molar-refractivity contribution in [3.63, 3.8) is 0 Å². The number of carbonyl (C=O) groups excluding carboxylic acids is 1. The van der Waals surface area contributed by atoms with Gasteiger partial charge in [-0.25, -0.2) is 4.98 Å². The van der Waals surface area contributed by atoms with Crippen LogP contribution in [0.4, 0.5) is 10.9 Å². The van der Waals surface area contributed by atoms with Crippen LogP contribution in [0.15, 0.2) is 12.7 Å². The normalized spacial score (nSPS) is 16.2. The van der Waals surface area contributed by atoms with Crippen molar-refractivity contribution >= 4 is 28.2 Å². The minimum atomic E-state index is -0.111. The number of nitrogens with zero attached hydrogens (tertiary/aromatic N) is 3. The summed E-state index contributed by atoms with van der Waals surface area (Å²) in [6, 6.07) is 0.267. The van der Waals surface area contributed by atoms with Crippen molar-refractivity contribution in [2.45, 2.75) is 18.9 Å². The number of nitrogens with two attached hydrogens (primary N) is 2. The van der Waals surface area contributed by atoms with Crippen LogP contribution in [0.3, 0.4) is 0 Å². The minimum Gasteiger partial charge on any atom is -0.382 e. The Balaban J connectivity index is 2.13. The Bertz CT molecular complexity index is 493. The Kier molecular flexibility index (Phi) is 4.61. The molecule has 7 heteroatoms. The summed E-state index contributed by atoms with van der Waals surface area (Å²) in [6.07, 6.45) is 3.57. The molecule has 0 atom stereocenters. The number of likely N-dealkylation sites (N-methyl/N-ethyl adjacent to an activating group) is 1. The van der Waals surface area contributed by atoms with E-state index in [1.807, 2.05) is 0 Å². The number of anilines is 2. The van der Waals surface area contributed by atoms with Crippen molar-refractivity contribution in [3.05, 3.63) is 17.5 Å². The second-order valence-electron chi connectivity index (χ2n) is 5.01. The Morgan fingerprint density at radius 2 is 2.25 bits per heavy atom. The Morgan fingerprint density at radius 3 is 2.85 bits per heavy atom. The van der Waals surface area contributed by atoms with Gasteiger partial charge >= 0.3 is 0 Å². The highest BCUT2D eigenvalue weighted by Crippen LogP contribution is 2.30. The smallest absolute Gasteiger partial charge is 0.267 e. The van der Waals surface area contributed by atoms with Crippen molar-refractivity contribution in [2.75, 3.05) is 37.3 Å². The van der Waals surface area contributed by atoms with Crippen molar-refractivity contribution in [3.8, 4) is 0 Å². The second-order valence-corrected chi connectivity index (χ2v) is 5.99. The summed E-state index contributed by atoms with van der Waals surface area (Å²) in [6.45, 7) is 5.85. The van der Waals surface area contributed by atoms with Crippen molar-refractivity contribution in [2.24, 2.45) is 5.73 Å². The van der Waals surface area contributed by atoms with Crippen LogP contribution in [-0.4, -0.2) is 48.5 Å². The fourth-order valence-electron chi connectivity index (χ4n) is 2.15. The molecule has 0 bridgehead atoms. The number of nitrogen functional groups attached to an aromatic ring is 1. The third-order valence-electron chi connectivity index (χ3n) is 3.40. The van der Waals surface area contributed by atoms with Gasteiger partial charge in [0.1, 0.15) is 10.7 Å². The maximum Gasteiger partial charge on any atom is 0.267 e. The van der Waals surface area contributed by atoms with Gasteiger partial charge in [-0.15, -0.1) is 6.58 Å². The lowest BCUT2D eigenvalue weighted by atomic mass is 10.1. The molecule has 0 unspecified atom stereocenters. The van der Waals surface area contributed by atoms with Gasteiger partial charge in [-0.2, -0.15) is 0 Å². The summed E-state index contributed by atoms with van der Waals surface area (Å²) in [5.74, 6) is 0.195. The number of thiazole rings is 1. The SMILES string of the molecule is C=CCN(C)C(=O)c1sc(N2CCC(N)CC2)nc1N. The van der Waals surface area contributed by atoms with E-state index in [1.165, 1.54) is 11.3 Å². The number of hydrogen-bond donors (Lipinski definition) is 2. The lowest BCUT2D eigenvalue weighted by Crippen LogP contribution is -2.39. The molecule has 6 nitrogen and oxygen atoms in total.